The molecule has 146 valence electrons. The highest BCUT2D eigenvalue weighted by molar-refractivity contribution is 6.08. The third-order valence-electron chi connectivity index (χ3n) is 6.04. The van der Waals surface area contributed by atoms with E-state index in [-0.39, 0.29) is 23.8 Å². The molecule has 3 aliphatic rings. The summed E-state index contributed by atoms with van der Waals surface area (Å²) in [4.78, 5) is 35.1. The molecule has 7 heteroatoms. The first-order chi connectivity index (χ1) is 14.1. The first kappa shape index (κ1) is 17.6. The topological polar surface area (TPSA) is 84.4 Å². The molecule has 3 heterocycles. The summed E-state index contributed by atoms with van der Waals surface area (Å²) in [6, 6.07) is 8.15. The molecule has 0 saturated carbocycles. The van der Waals surface area contributed by atoms with Gasteiger partial charge in [0.1, 0.15) is 0 Å². The van der Waals surface area contributed by atoms with E-state index in [9.17, 15) is 9.59 Å². The van der Waals surface area contributed by atoms with Crippen molar-refractivity contribution in [3.8, 4) is 0 Å². The molecule has 2 aliphatic heterocycles. The number of hydrogen-bond acceptors (Lipinski definition) is 5. The normalized spacial score (nSPS) is 26.8. The Morgan fingerprint density at radius 3 is 2.83 bits per heavy atom. The van der Waals surface area contributed by atoms with Gasteiger partial charge in [-0.15, -0.1) is 0 Å². The number of carbonyl (C=O) groups excluding carboxylic acids is 2. The molecule has 1 aromatic heterocycles. The van der Waals surface area contributed by atoms with Crippen LogP contribution in [0.2, 0.25) is 0 Å². The molecule has 0 radical (unpaired) electrons. The summed E-state index contributed by atoms with van der Waals surface area (Å²) < 4.78 is 6.04. The summed E-state index contributed by atoms with van der Waals surface area (Å²) in [6.45, 7) is 3.62. The predicted molar refractivity (Wildman–Crippen MR) is 105 cm³/mol. The molecule has 0 spiro atoms. The fourth-order valence-electron chi connectivity index (χ4n) is 4.37. The summed E-state index contributed by atoms with van der Waals surface area (Å²) >= 11 is 0. The monoisotopic (exact) mass is 388 g/mol. The van der Waals surface area contributed by atoms with Crippen molar-refractivity contribution in [2.75, 3.05) is 4.90 Å². The van der Waals surface area contributed by atoms with E-state index < -0.39 is 6.23 Å². The lowest BCUT2D eigenvalue weighted by molar-refractivity contribution is -0.116. The van der Waals surface area contributed by atoms with Gasteiger partial charge in [0.05, 0.1) is 24.1 Å². The number of carbonyl (C=O) groups is 2. The number of ether oxygens (including phenoxy) is 1. The number of nitrogens with zero attached hydrogens (tertiary/aromatic N) is 3. The summed E-state index contributed by atoms with van der Waals surface area (Å²) in [5.74, 6) is 0.156. The van der Waals surface area contributed by atoms with Gasteiger partial charge in [0, 0.05) is 23.9 Å². The third kappa shape index (κ3) is 2.65. The molecule has 29 heavy (non-hydrogen) atoms. The minimum absolute atomic E-state index is 0.0202. The zero-order chi connectivity index (χ0) is 20.1. The second-order valence-corrected chi connectivity index (χ2v) is 7.57. The van der Waals surface area contributed by atoms with E-state index in [1.807, 2.05) is 19.1 Å². The molecule has 1 aromatic carbocycles. The van der Waals surface area contributed by atoms with Crippen LogP contribution in [0.4, 0.5) is 5.82 Å². The molecule has 1 fully saturated rings. The van der Waals surface area contributed by atoms with Crippen molar-refractivity contribution in [1.29, 1.82) is 0 Å². The van der Waals surface area contributed by atoms with Gasteiger partial charge in [-0.1, -0.05) is 24.3 Å². The van der Waals surface area contributed by atoms with E-state index in [1.165, 1.54) is 34.7 Å². The van der Waals surface area contributed by atoms with Crippen LogP contribution in [-0.4, -0.2) is 28.0 Å². The Bertz CT molecular complexity index is 1080. The van der Waals surface area contributed by atoms with Crippen molar-refractivity contribution >= 4 is 17.6 Å². The maximum absolute atomic E-state index is 12.7. The Balaban J connectivity index is 1.44. The molecule has 2 amide bonds. The molecule has 1 N–H and O–H groups in total. The highest BCUT2D eigenvalue weighted by atomic mass is 16.5. The average Bonchev–Trinajstić information content (AvgIpc) is 3.31. The van der Waals surface area contributed by atoms with Crippen molar-refractivity contribution in [2.45, 2.75) is 32.5 Å². The molecule has 3 unspecified atom stereocenters. The van der Waals surface area contributed by atoms with Gasteiger partial charge in [0.15, 0.2) is 5.82 Å². The van der Waals surface area contributed by atoms with E-state index in [0.29, 0.717) is 17.0 Å². The van der Waals surface area contributed by atoms with Crippen molar-refractivity contribution in [1.82, 2.24) is 15.3 Å². The van der Waals surface area contributed by atoms with Crippen LogP contribution in [0, 0.1) is 5.92 Å². The lowest BCUT2D eigenvalue weighted by atomic mass is 9.97. The first-order valence-corrected chi connectivity index (χ1v) is 9.57. The summed E-state index contributed by atoms with van der Waals surface area (Å²) in [6.07, 6.45) is 6.28. The highest BCUT2D eigenvalue weighted by Gasteiger charge is 2.44. The van der Waals surface area contributed by atoms with Crippen LogP contribution < -0.4 is 10.2 Å². The molecule has 3 atom stereocenters. The zero-order valence-electron chi connectivity index (χ0n) is 16.1. The van der Waals surface area contributed by atoms with Gasteiger partial charge in [-0.25, -0.2) is 4.98 Å². The van der Waals surface area contributed by atoms with Crippen LogP contribution in [0.25, 0.3) is 0 Å². The Morgan fingerprint density at radius 2 is 2.03 bits per heavy atom. The third-order valence-corrected chi connectivity index (χ3v) is 6.04. The maximum Gasteiger partial charge on any atom is 0.258 e. The summed E-state index contributed by atoms with van der Waals surface area (Å²) in [7, 11) is 0. The molecule has 1 aliphatic carbocycles. The second kappa shape index (κ2) is 6.55. The summed E-state index contributed by atoms with van der Waals surface area (Å²) in [5, 5.41) is 3.07. The zero-order valence-corrected chi connectivity index (χ0v) is 16.1. The minimum Gasteiger partial charge on any atom is -0.473 e. The fraction of sp³-hybridized carbons (Fsp3) is 0.273. The number of fused-ring (bicyclic) bond motifs is 3. The molecule has 0 bridgehead atoms. The smallest absolute Gasteiger partial charge is 0.258 e. The number of amides is 2. The first-order valence-electron chi connectivity index (χ1n) is 9.57. The lowest BCUT2D eigenvalue weighted by Gasteiger charge is -2.24. The van der Waals surface area contributed by atoms with Gasteiger partial charge in [-0.3, -0.25) is 19.5 Å². The van der Waals surface area contributed by atoms with Gasteiger partial charge in [0.25, 0.3) is 11.8 Å². The molecule has 5 rings (SSSR count). The Hall–Kier alpha value is -3.48. The van der Waals surface area contributed by atoms with Crippen molar-refractivity contribution in [2.24, 2.45) is 5.92 Å². The number of hydrogen-bond donors (Lipinski definition) is 1. The quantitative estimate of drug-likeness (QED) is 0.645. The van der Waals surface area contributed by atoms with Crippen molar-refractivity contribution < 1.29 is 14.3 Å². The van der Waals surface area contributed by atoms with Gasteiger partial charge < -0.3 is 10.1 Å². The van der Waals surface area contributed by atoms with Crippen molar-refractivity contribution in [3.05, 3.63) is 77.0 Å². The largest absolute Gasteiger partial charge is 0.473 e. The van der Waals surface area contributed by atoms with Crippen LogP contribution in [0.3, 0.4) is 0 Å². The predicted octanol–water partition coefficient (Wildman–Crippen LogP) is 2.43. The van der Waals surface area contributed by atoms with Crippen LogP contribution in [0.5, 0.6) is 0 Å². The van der Waals surface area contributed by atoms with Gasteiger partial charge in [-0.05, 0) is 37.0 Å². The Labute approximate surface area is 168 Å². The van der Waals surface area contributed by atoms with Gasteiger partial charge in [0.2, 0.25) is 6.23 Å². The van der Waals surface area contributed by atoms with Crippen LogP contribution >= 0.6 is 0 Å². The molecule has 2 aromatic rings. The van der Waals surface area contributed by atoms with E-state index in [1.54, 1.807) is 13.1 Å². The number of anilines is 1. The average molecular weight is 388 g/mol. The molecule has 7 nitrogen and oxygen atoms in total. The Morgan fingerprint density at radius 1 is 1.21 bits per heavy atom. The number of nitrogens with one attached hydrogen (secondary N) is 1. The van der Waals surface area contributed by atoms with Crippen LogP contribution in [0.15, 0.2) is 65.8 Å². The highest BCUT2D eigenvalue weighted by Crippen LogP contribution is 2.44. The van der Waals surface area contributed by atoms with Gasteiger partial charge in [-0.2, -0.15) is 0 Å². The van der Waals surface area contributed by atoms with E-state index in [2.05, 4.69) is 27.4 Å². The molecular formula is C22H20N4O3. The Kier molecular flexibility index (Phi) is 3.97. The van der Waals surface area contributed by atoms with Gasteiger partial charge >= 0.3 is 0 Å². The van der Waals surface area contributed by atoms with E-state index >= 15 is 0 Å². The lowest BCUT2D eigenvalue weighted by Crippen LogP contribution is -2.37. The van der Waals surface area contributed by atoms with E-state index in [0.717, 1.165) is 12.0 Å². The summed E-state index contributed by atoms with van der Waals surface area (Å²) in [5.41, 5.74) is 4.43. The van der Waals surface area contributed by atoms with Crippen molar-refractivity contribution in [3.63, 3.8) is 0 Å². The number of benzene rings is 1. The van der Waals surface area contributed by atoms with Crippen LogP contribution in [-0.2, 0) is 20.7 Å². The number of aromatic nitrogens is 2. The molecular weight excluding hydrogens is 368 g/mol. The number of rotatable bonds is 3. The minimum atomic E-state index is -0.651. The van der Waals surface area contributed by atoms with Crippen LogP contribution in [0.1, 0.15) is 31.0 Å². The SMILES string of the molecule is CC1=C(C)C(O/C=C2/C(=O)NC3c4ccccc4CC23)N(c2cnccn2)C1=O. The maximum atomic E-state index is 12.7. The fourth-order valence-corrected chi connectivity index (χ4v) is 4.37. The molecule has 1 saturated heterocycles. The standard InChI is InChI=1S/C22H20N4O3/c1-12-13(2)22(26(21(12)28)18-10-23-7-8-24-18)29-11-17-16-9-14-5-3-4-6-15(14)19(16)25-20(17)27/h3-8,10-11,16,19,22H,9H2,1-2H3,(H,25,27)/b17-11+. The second-order valence-electron chi connectivity index (χ2n) is 7.57. The van der Waals surface area contributed by atoms with E-state index in [4.69, 9.17) is 4.74 Å².